The van der Waals surface area contributed by atoms with Gasteiger partial charge in [-0.05, 0) is 47.5 Å². The van der Waals surface area contributed by atoms with Gasteiger partial charge in [-0.1, -0.05) is 18.2 Å². The third kappa shape index (κ3) is 4.58. The lowest BCUT2D eigenvalue weighted by atomic mass is 10.1. The first-order valence-electron chi connectivity index (χ1n) is 6.85. The maximum absolute atomic E-state index is 10.7. The van der Waals surface area contributed by atoms with Crippen LogP contribution in [0.25, 0.3) is 0 Å². The van der Waals surface area contributed by atoms with E-state index in [-0.39, 0.29) is 12.5 Å². The molecule has 1 atom stereocenters. The van der Waals surface area contributed by atoms with Crippen molar-refractivity contribution in [3.05, 3.63) is 51.1 Å². The standard InChI is InChI=1S/C16H18BrNO2S/c1-12(15-10-13(17)11-21-15)18(9-5-8-16(19)20)14-6-3-2-4-7-14/h2-4,6-7,10-12H,5,8-9H2,1H3,(H,19,20). The van der Waals surface area contributed by atoms with Gasteiger partial charge in [0.2, 0.25) is 0 Å². The van der Waals surface area contributed by atoms with Crippen LogP contribution in [-0.4, -0.2) is 17.6 Å². The summed E-state index contributed by atoms with van der Waals surface area (Å²) in [5.74, 6) is -0.741. The molecule has 0 fully saturated rings. The molecule has 2 aromatic rings. The van der Waals surface area contributed by atoms with E-state index in [4.69, 9.17) is 5.11 Å². The summed E-state index contributed by atoms with van der Waals surface area (Å²) in [5, 5.41) is 10.9. The molecule has 1 aromatic heterocycles. The normalized spacial score (nSPS) is 12.1. The highest BCUT2D eigenvalue weighted by Gasteiger charge is 2.18. The minimum atomic E-state index is -0.741. The zero-order chi connectivity index (χ0) is 15.2. The highest BCUT2D eigenvalue weighted by atomic mass is 79.9. The van der Waals surface area contributed by atoms with Crippen LogP contribution in [0.1, 0.15) is 30.7 Å². The van der Waals surface area contributed by atoms with Gasteiger partial charge in [-0.15, -0.1) is 11.3 Å². The van der Waals surface area contributed by atoms with Crippen molar-refractivity contribution in [3.63, 3.8) is 0 Å². The third-order valence-corrected chi connectivity index (χ3v) is 5.21. The molecule has 1 unspecified atom stereocenters. The zero-order valence-electron chi connectivity index (χ0n) is 11.8. The second-order valence-corrected chi connectivity index (χ2v) is 6.73. The maximum atomic E-state index is 10.7. The number of carbonyl (C=O) groups is 1. The van der Waals surface area contributed by atoms with Gasteiger partial charge >= 0.3 is 5.97 Å². The molecule has 21 heavy (non-hydrogen) atoms. The van der Waals surface area contributed by atoms with Gasteiger partial charge in [-0.25, -0.2) is 0 Å². The fraction of sp³-hybridized carbons (Fsp3) is 0.312. The average Bonchev–Trinajstić information content (AvgIpc) is 2.90. The zero-order valence-corrected chi connectivity index (χ0v) is 14.2. The van der Waals surface area contributed by atoms with Crippen LogP contribution in [0.2, 0.25) is 0 Å². The number of aliphatic carboxylic acids is 1. The topological polar surface area (TPSA) is 40.5 Å². The van der Waals surface area contributed by atoms with E-state index in [0.717, 1.165) is 16.7 Å². The Morgan fingerprint density at radius 1 is 1.38 bits per heavy atom. The van der Waals surface area contributed by atoms with Crippen molar-refractivity contribution >= 4 is 38.9 Å². The molecule has 0 saturated heterocycles. The summed E-state index contributed by atoms with van der Waals surface area (Å²) in [4.78, 5) is 14.3. The number of carboxylic acids is 1. The maximum Gasteiger partial charge on any atom is 0.303 e. The van der Waals surface area contributed by atoms with Crippen molar-refractivity contribution in [2.45, 2.75) is 25.8 Å². The van der Waals surface area contributed by atoms with Gasteiger partial charge in [0.25, 0.3) is 0 Å². The van der Waals surface area contributed by atoms with Gasteiger partial charge < -0.3 is 10.0 Å². The number of rotatable bonds is 7. The van der Waals surface area contributed by atoms with Crippen molar-refractivity contribution in [1.29, 1.82) is 0 Å². The van der Waals surface area contributed by atoms with E-state index in [9.17, 15) is 4.79 Å². The third-order valence-electron chi connectivity index (χ3n) is 3.34. The predicted octanol–water partition coefficient (Wildman–Crippen LogP) is 4.94. The van der Waals surface area contributed by atoms with E-state index in [1.165, 1.54) is 4.88 Å². The van der Waals surface area contributed by atoms with Crippen LogP contribution < -0.4 is 4.90 Å². The van der Waals surface area contributed by atoms with Crippen molar-refractivity contribution in [1.82, 2.24) is 0 Å². The molecule has 1 N–H and O–H groups in total. The minimum absolute atomic E-state index is 0.199. The molecule has 1 aromatic carbocycles. The first kappa shape index (κ1) is 16.0. The largest absolute Gasteiger partial charge is 0.481 e. The van der Waals surface area contributed by atoms with Crippen LogP contribution in [0.3, 0.4) is 0 Å². The van der Waals surface area contributed by atoms with Crippen LogP contribution in [0, 0.1) is 0 Å². The fourth-order valence-corrected chi connectivity index (χ4v) is 3.78. The molecule has 0 amide bonds. The summed E-state index contributed by atoms with van der Waals surface area (Å²) in [6, 6.07) is 12.5. The van der Waals surface area contributed by atoms with Crippen molar-refractivity contribution < 1.29 is 9.90 Å². The molecule has 0 bridgehead atoms. The Hall–Kier alpha value is -1.33. The predicted molar refractivity (Wildman–Crippen MR) is 91.1 cm³/mol. The van der Waals surface area contributed by atoms with Crippen LogP contribution in [0.4, 0.5) is 5.69 Å². The van der Waals surface area contributed by atoms with E-state index in [2.05, 4.69) is 51.3 Å². The molecule has 3 nitrogen and oxygen atoms in total. The molecule has 0 spiro atoms. The number of carboxylic acid groups (broad SMARTS) is 1. The van der Waals surface area contributed by atoms with Gasteiger partial charge in [-0.2, -0.15) is 0 Å². The molecular weight excluding hydrogens is 350 g/mol. The summed E-state index contributed by atoms with van der Waals surface area (Å²) in [6.45, 7) is 2.89. The lowest BCUT2D eigenvalue weighted by Gasteiger charge is -2.30. The molecular formula is C16H18BrNO2S. The number of hydrogen-bond acceptors (Lipinski definition) is 3. The van der Waals surface area contributed by atoms with Crippen LogP contribution in [0.15, 0.2) is 46.3 Å². The highest BCUT2D eigenvalue weighted by molar-refractivity contribution is 9.10. The molecule has 112 valence electrons. The summed E-state index contributed by atoms with van der Waals surface area (Å²) in [7, 11) is 0. The Morgan fingerprint density at radius 2 is 2.10 bits per heavy atom. The Balaban J connectivity index is 2.16. The minimum Gasteiger partial charge on any atom is -0.481 e. The molecule has 0 aliphatic carbocycles. The number of para-hydroxylation sites is 1. The Morgan fingerprint density at radius 3 is 2.67 bits per heavy atom. The SMILES string of the molecule is CC(c1cc(Br)cs1)N(CCCC(=O)O)c1ccccc1. The summed E-state index contributed by atoms with van der Waals surface area (Å²) in [6.07, 6.45) is 0.839. The second-order valence-electron chi connectivity index (χ2n) is 4.87. The quantitative estimate of drug-likeness (QED) is 0.752. The Kier molecular flexibility index (Phi) is 5.82. The molecule has 0 radical (unpaired) electrons. The second kappa shape index (κ2) is 7.61. The van der Waals surface area contributed by atoms with E-state index < -0.39 is 5.97 Å². The average molecular weight is 368 g/mol. The monoisotopic (exact) mass is 367 g/mol. The molecule has 0 aliphatic rings. The highest BCUT2D eigenvalue weighted by Crippen LogP contribution is 2.32. The summed E-state index contributed by atoms with van der Waals surface area (Å²) in [5.41, 5.74) is 1.12. The van der Waals surface area contributed by atoms with E-state index in [0.29, 0.717) is 6.42 Å². The number of nitrogens with zero attached hydrogens (tertiary/aromatic N) is 1. The van der Waals surface area contributed by atoms with E-state index in [1.807, 2.05) is 18.2 Å². The fourth-order valence-electron chi connectivity index (χ4n) is 2.27. The van der Waals surface area contributed by atoms with Crippen molar-refractivity contribution in [2.75, 3.05) is 11.4 Å². The van der Waals surface area contributed by atoms with Gasteiger partial charge in [0.05, 0.1) is 6.04 Å². The van der Waals surface area contributed by atoms with Crippen LogP contribution in [-0.2, 0) is 4.79 Å². The number of anilines is 1. The smallest absolute Gasteiger partial charge is 0.303 e. The van der Waals surface area contributed by atoms with Gasteiger partial charge in [-0.3, -0.25) is 4.79 Å². The molecule has 0 aliphatic heterocycles. The van der Waals surface area contributed by atoms with E-state index >= 15 is 0 Å². The number of halogens is 1. The summed E-state index contributed by atoms with van der Waals surface area (Å²) >= 11 is 5.21. The van der Waals surface area contributed by atoms with Gasteiger partial charge in [0.15, 0.2) is 0 Å². The Labute approximate surface area is 137 Å². The Bertz CT molecular complexity index is 585. The van der Waals surface area contributed by atoms with Crippen molar-refractivity contribution in [2.24, 2.45) is 0 Å². The molecule has 1 heterocycles. The first-order valence-corrected chi connectivity index (χ1v) is 8.52. The van der Waals surface area contributed by atoms with Gasteiger partial charge in [0, 0.05) is 33.4 Å². The van der Waals surface area contributed by atoms with Crippen LogP contribution >= 0.6 is 27.3 Å². The lowest BCUT2D eigenvalue weighted by molar-refractivity contribution is -0.137. The number of thiophene rings is 1. The number of hydrogen-bond donors (Lipinski definition) is 1. The van der Waals surface area contributed by atoms with Gasteiger partial charge in [0.1, 0.15) is 0 Å². The summed E-state index contributed by atoms with van der Waals surface area (Å²) < 4.78 is 1.09. The first-order chi connectivity index (χ1) is 10.1. The molecule has 2 rings (SSSR count). The molecule has 5 heteroatoms. The lowest BCUT2D eigenvalue weighted by Crippen LogP contribution is -2.27. The molecule has 0 saturated carbocycles. The van der Waals surface area contributed by atoms with Crippen molar-refractivity contribution in [3.8, 4) is 0 Å². The van der Waals surface area contributed by atoms with E-state index in [1.54, 1.807) is 11.3 Å². The van der Waals surface area contributed by atoms with Crippen LogP contribution in [0.5, 0.6) is 0 Å². The number of benzene rings is 1.